The zero-order chi connectivity index (χ0) is 19.3. The summed E-state index contributed by atoms with van der Waals surface area (Å²) in [7, 11) is 0. The van der Waals surface area contributed by atoms with Gasteiger partial charge in [-0.3, -0.25) is 0 Å². The summed E-state index contributed by atoms with van der Waals surface area (Å²) in [6.07, 6.45) is 15.4. The molecule has 0 saturated carbocycles. The Morgan fingerprint density at radius 3 is 1.78 bits per heavy atom. The molecular formula is C26H37F. The predicted octanol–water partition coefficient (Wildman–Crippen LogP) is 8.52. The molecule has 2 rings (SSSR count). The maximum Gasteiger partial charge on any atom is 0.131 e. The molecule has 0 aliphatic rings. The molecule has 0 amide bonds. The highest BCUT2D eigenvalue weighted by Gasteiger charge is 2.06. The smallest absolute Gasteiger partial charge is 0.131 e. The fourth-order valence-electron chi connectivity index (χ4n) is 3.73. The number of rotatable bonds is 13. The molecule has 0 N–H and O–H groups in total. The minimum absolute atomic E-state index is 0.104. The summed E-state index contributed by atoms with van der Waals surface area (Å²) in [4.78, 5) is 0. The van der Waals surface area contributed by atoms with Crippen LogP contribution < -0.4 is 0 Å². The third-order valence-corrected chi connectivity index (χ3v) is 5.41. The van der Waals surface area contributed by atoms with Crippen LogP contribution in [0.15, 0.2) is 42.5 Å². The first-order valence-corrected chi connectivity index (χ1v) is 11.1. The number of hydrogen-bond acceptors (Lipinski definition) is 0. The molecule has 27 heavy (non-hydrogen) atoms. The van der Waals surface area contributed by atoms with Crippen LogP contribution in [-0.2, 0) is 12.8 Å². The molecule has 0 bridgehead atoms. The van der Waals surface area contributed by atoms with E-state index >= 15 is 0 Å². The van der Waals surface area contributed by atoms with Crippen LogP contribution in [0.3, 0.4) is 0 Å². The fourth-order valence-corrected chi connectivity index (χ4v) is 3.73. The summed E-state index contributed by atoms with van der Waals surface area (Å²) in [6, 6.07) is 14.1. The van der Waals surface area contributed by atoms with E-state index < -0.39 is 0 Å². The molecule has 1 heteroatoms. The van der Waals surface area contributed by atoms with Gasteiger partial charge in [0.15, 0.2) is 0 Å². The zero-order valence-corrected chi connectivity index (χ0v) is 17.4. The van der Waals surface area contributed by atoms with Crippen molar-refractivity contribution >= 4 is 0 Å². The molecule has 148 valence electrons. The van der Waals surface area contributed by atoms with Gasteiger partial charge in [0.2, 0.25) is 0 Å². The second-order valence-corrected chi connectivity index (χ2v) is 7.84. The Balaban J connectivity index is 1.72. The van der Waals surface area contributed by atoms with Crippen LogP contribution in [0.1, 0.15) is 89.2 Å². The number of benzene rings is 2. The summed E-state index contributed by atoms with van der Waals surface area (Å²) in [5, 5.41) is 0. The van der Waals surface area contributed by atoms with Crippen LogP contribution in [0, 0.1) is 5.82 Å². The normalized spacial score (nSPS) is 11.1. The highest BCUT2D eigenvalue weighted by molar-refractivity contribution is 5.64. The van der Waals surface area contributed by atoms with Crippen molar-refractivity contribution < 1.29 is 4.39 Å². The van der Waals surface area contributed by atoms with Crippen molar-refractivity contribution in [2.45, 2.75) is 90.9 Å². The Bertz CT molecular complexity index is 642. The van der Waals surface area contributed by atoms with Crippen LogP contribution in [0.25, 0.3) is 11.1 Å². The van der Waals surface area contributed by atoms with Gasteiger partial charge in [0.05, 0.1) is 0 Å². The Morgan fingerprint density at radius 1 is 0.593 bits per heavy atom. The van der Waals surface area contributed by atoms with Gasteiger partial charge in [0, 0.05) is 5.56 Å². The number of hydrogen-bond donors (Lipinski definition) is 0. The van der Waals surface area contributed by atoms with E-state index in [9.17, 15) is 4.39 Å². The van der Waals surface area contributed by atoms with E-state index in [0.717, 1.165) is 30.4 Å². The lowest BCUT2D eigenvalue weighted by Crippen LogP contribution is -1.91. The Hall–Kier alpha value is -1.63. The number of aryl methyl sites for hydroxylation is 2. The molecule has 0 radical (unpaired) electrons. The van der Waals surface area contributed by atoms with Gasteiger partial charge in [0.1, 0.15) is 5.82 Å². The molecule has 0 aliphatic heterocycles. The second-order valence-electron chi connectivity index (χ2n) is 7.84. The second kappa shape index (κ2) is 12.7. The van der Waals surface area contributed by atoms with E-state index in [2.05, 4.69) is 44.2 Å². The van der Waals surface area contributed by atoms with Gasteiger partial charge < -0.3 is 0 Å². The first-order chi connectivity index (χ1) is 13.2. The average Bonchev–Trinajstić information content (AvgIpc) is 2.68. The van der Waals surface area contributed by atoms with E-state index in [1.165, 1.54) is 63.4 Å². The molecule has 0 aromatic heterocycles. The van der Waals surface area contributed by atoms with Crippen LogP contribution in [-0.4, -0.2) is 0 Å². The van der Waals surface area contributed by atoms with Crippen LogP contribution >= 0.6 is 0 Å². The molecule has 0 saturated heterocycles. The first-order valence-electron chi connectivity index (χ1n) is 11.1. The maximum absolute atomic E-state index is 14.4. The van der Waals surface area contributed by atoms with Gasteiger partial charge in [-0.15, -0.1) is 0 Å². The topological polar surface area (TPSA) is 0 Å². The van der Waals surface area contributed by atoms with E-state index in [-0.39, 0.29) is 5.82 Å². The van der Waals surface area contributed by atoms with Crippen molar-refractivity contribution in [2.24, 2.45) is 0 Å². The third-order valence-electron chi connectivity index (χ3n) is 5.41. The average molecular weight is 369 g/mol. The van der Waals surface area contributed by atoms with Crippen LogP contribution in [0.2, 0.25) is 0 Å². The SMILES string of the molecule is CCCCCCCCCCCc1ccc(-c2ccc(CCC)cc2F)cc1. The molecular weight excluding hydrogens is 331 g/mol. The van der Waals surface area contributed by atoms with Crippen LogP contribution in [0.5, 0.6) is 0 Å². The molecule has 0 aliphatic carbocycles. The lowest BCUT2D eigenvalue weighted by atomic mass is 9.98. The molecule has 0 unspecified atom stereocenters. The van der Waals surface area contributed by atoms with Gasteiger partial charge in [-0.1, -0.05) is 108 Å². The summed E-state index contributed by atoms with van der Waals surface area (Å²) in [6.45, 7) is 4.39. The van der Waals surface area contributed by atoms with Crippen molar-refractivity contribution in [3.05, 3.63) is 59.4 Å². The Morgan fingerprint density at radius 2 is 1.19 bits per heavy atom. The van der Waals surface area contributed by atoms with Gasteiger partial charge in [0.25, 0.3) is 0 Å². The minimum atomic E-state index is -0.104. The van der Waals surface area contributed by atoms with Crippen molar-refractivity contribution in [3.63, 3.8) is 0 Å². The lowest BCUT2D eigenvalue weighted by molar-refractivity contribution is 0.565. The first kappa shape index (κ1) is 21.7. The highest BCUT2D eigenvalue weighted by Crippen LogP contribution is 2.25. The van der Waals surface area contributed by atoms with Crippen molar-refractivity contribution in [3.8, 4) is 11.1 Å². The molecule has 2 aromatic carbocycles. The highest BCUT2D eigenvalue weighted by atomic mass is 19.1. The van der Waals surface area contributed by atoms with Gasteiger partial charge >= 0.3 is 0 Å². The molecule has 2 aromatic rings. The summed E-state index contributed by atoms with van der Waals surface area (Å²) in [5.41, 5.74) is 4.14. The fraction of sp³-hybridized carbons (Fsp3) is 0.538. The summed E-state index contributed by atoms with van der Waals surface area (Å²) in [5.74, 6) is -0.104. The predicted molar refractivity (Wildman–Crippen MR) is 117 cm³/mol. The Kier molecular flexibility index (Phi) is 10.2. The quantitative estimate of drug-likeness (QED) is 0.311. The standard InChI is InChI=1S/C26H37F/c1-3-5-6-7-8-9-10-11-12-14-22-15-18-24(19-16-22)25-20-17-23(13-4-2)21-26(25)27/h15-21H,3-14H2,1-2H3. The number of unbranched alkanes of at least 4 members (excludes halogenated alkanes) is 8. The van der Waals surface area contributed by atoms with E-state index in [4.69, 9.17) is 0 Å². The maximum atomic E-state index is 14.4. The van der Waals surface area contributed by atoms with Crippen molar-refractivity contribution in [1.82, 2.24) is 0 Å². The lowest BCUT2D eigenvalue weighted by Gasteiger charge is -2.08. The molecule has 0 fully saturated rings. The third kappa shape index (κ3) is 7.87. The van der Waals surface area contributed by atoms with E-state index in [1.807, 2.05) is 6.07 Å². The van der Waals surface area contributed by atoms with Crippen LogP contribution in [0.4, 0.5) is 4.39 Å². The van der Waals surface area contributed by atoms with Gasteiger partial charge in [-0.25, -0.2) is 4.39 Å². The van der Waals surface area contributed by atoms with E-state index in [1.54, 1.807) is 6.07 Å². The van der Waals surface area contributed by atoms with E-state index in [0.29, 0.717) is 5.56 Å². The van der Waals surface area contributed by atoms with Crippen molar-refractivity contribution in [1.29, 1.82) is 0 Å². The number of halogens is 1. The largest absolute Gasteiger partial charge is 0.206 e. The molecule has 0 heterocycles. The molecule has 0 nitrogen and oxygen atoms in total. The van der Waals surface area contributed by atoms with Crippen molar-refractivity contribution in [2.75, 3.05) is 0 Å². The monoisotopic (exact) mass is 368 g/mol. The van der Waals surface area contributed by atoms with Gasteiger partial charge in [-0.2, -0.15) is 0 Å². The Labute approximate surface area is 166 Å². The minimum Gasteiger partial charge on any atom is -0.206 e. The summed E-state index contributed by atoms with van der Waals surface area (Å²) < 4.78 is 14.4. The zero-order valence-electron chi connectivity index (χ0n) is 17.4. The van der Waals surface area contributed by atoms with Gasteiger partial charge in [-0.05, 0) is 42.0 Å². The molecule has 0 atom stereocenters. The molecule has 0 spiro atoms. The summed E-state index contributed by atoms with van der Waals surface area (Å²) >= 11 is 0.